The summed E-state index contributed by atoms with van der Waals surface area (Å²) < 4.78 is 6.80. The Labute approximate surface area is 327 Å². The van der Waals surface area contributed by atoms with Crippen LogP contribution in [0.3, 0.4) is 0 Å². The fourth-order valence-corrected chi connectivity index (χ4v) is 12.9. The standard InChI is InChI=1S/C41H50N6O8Si/c1-27-37(56(2,3)54)35(23-36(49)43-21-7-10-32(43)25-48)55-41(27)33-22-31(47(52)53)15-16-34(33)44(39(41)51)24-28-11-13-29(14-12-28)45-26-46(30-8-5-4-6-9-30)40(38(45)50)17-19-42-20-18-40/h4-6,8-9,11-16,22,27,32,35,37,42,48,54H,7,10,17-21,23-26H2,1-3H3/t27-,32+,35+,37-,41+/m1/s1. The molecule has 0 saturated carbocycles. The summed E-state index contributed by atoms with van der Waals surface area (Å²) in [5.74, 6) is -1.17. The number of nitrogens with zero attached hydrogens (tertiary/aromatic N) is 5. The van der Waals surface area contributed by atoms with Gasteiger partial charge in [0.15, 0.2) is 13.9 Å². The third kappa shape index (κ3) is 6.11. The van der Waals surface area contributed by atoms with Gasteiger partial charge in [-0.25, -0.2) is 0 Å². The van der Waals surface area contributed by atoms with Gasteiger partial charge in [0.25, 0.3) is 17.5 Å². The maximum absolute atomic E-state index is 15.0. The number of hydrogen-bond acceptors (Lipinski definition) is 10. The van der Waals surface area contributed by atoms with E-state index in [-0.39, 0.29) is 43.1 Å². The van der Waals surface area contributed by atoms with Crippen LogP contribution in [0.25, 0.3) is 0 Å². The molecule has 3 aromatic rings. The molecule has 0 aliphatic carbocycles. The van der Waals surface area contributed by atoms with Crippen molar-refractivity contribution in [2.45, 2.75) is 87.5 Å². The number of amides is 3. The zero-order valence-corrected chi connectivity index (χ0v) is 33.1. The number of ether oxygens (including phenoxy) is 1. The fourth-order valence-electron chi connectivity index (χ4n) is 10.3. The first-order valence-electron chi connectivity index (χ1n) is 19.7. The second-order valence-corrected chi connectivity index (χ2v) is 20.5. The van der Waals surface area contributed by atoms with Gasteiger partial charge in [0, 0.05) is 47.1 Å². The smallest absolute Gasteiger partial charge is 0.269 e. The third-order valence-electron chi connectivity index (χ3n) is 13.0. The highest BCUT2D eigenvalue weighted by molar-refractivity contribution is 6.71. The lowest BCUT2D eigenvalue weighted by molar-refractivity contribution is -0.385. The first-order valence-corrected chi connectivity index (χ1v) is 22.7. The zero-order valence-electron chi connectivity index (χ0n) is 32.1. The molecule has 2 spiro atoms. The molecule has 3 aromatic carbocycles. The molecule has 0 bridgehead atoms. The third-order valence-corrected chi connectivity index (χ3v) is 15.5. The first kappa shape index (κ1) is 38.2. The number of non-ortho nitro benzene ring substituents is 1. The number of nitrogens with one attached hydrogen (secondary N) is 1. The van der Waals surface area contributed by atoms with Crippen LogP contribution < -0.4 is 20.0 Å². The molecule has 5 aliphatic heterocycles. The first-order chi connectivity index (χ1) is 26.8. The van der Waals surface area contributed by atoms with Crippen LogP contribution in [0.1, 0.15) is 50.2 Å². The summed E-state index contributed by atoms with van der Waals surface area (Å²) in [7, 11) is -3.11. The Hall–Kier alpha value is -4.67. The number of carbonyl (C=O) groups is 3. The summed E-state index contributed by atoms with van der Waals surface area (Å²) in [4.78, 5) is 73.5. The van der Waals surface area contributed by atoms with Crippen LogP contribution in [0.2, 0.25) is 18.6 Å². The van der Waals surface area contributed by atoms with E-state index in [1.807, 2.05) is 66.4 Å². The number of aliphatic hydroxyl groups excluding tert-OH is 1. The van der Waals surface area contributed by atoms with E-state index >= 15 is 0 Å². The molecular weight excluding hydrogens is 733 g/mol. The fraction of sp³-hybridized carbons (Fsp3) is 0.488. The molecule has 15 heteroatoms. The van der Waals surface area contributed by atoms with Crippen LogP contribution in [0, 0.1) is 16.0 Å². The molecule has 5 aliphatic rings. The van der Waals surface area contributed by atoms with Crippen molar-refractivity contribution in [2.75, 3.05) is 47.6 Å². The summed E-state index contributed by atoms with van der Waals surface area (Å²) in [6.07, 6.45) is 1.95. The maximum Gasteiger partial charge on any atom is 0.269 e. The van der Waals surface area contributed by atoms with Gasteiger partial charge in [0.05, 0.1) is 49.0 Å². The summed E-state index contributed by atoms with van der Waals surface area (Å²) >= 11 is 0. The van der Waals surface area contributed by atoms with E-state index in [2.05, 4.69) is 10.2 Å². The second kappa shape index (κ2) is 14.4. The van der Waals surface area contributed by atoms with Crippen molar-refractivity contribution < 1.29 is 33.9 Å². The Morgan fingerprint density at radius 2 is 1.73 bits per heavy atom. The molecule has 4 fully saturated rings. The molecule has 5 heterocycles. The van der Waals surface area contributed by atoms with E-state index in [4.69, 9.17) is 4.74 Å². The molecule has 0 aromatic heterocycles. The topological polar surface area (TPSA) is 169 Å². The van der Waals surface area contributed by atoms with Crippen LogP contribution in [0.5, 0.6) is 0 Å². The number of anilines is 3. The molecule has 0 unspecified atom stereocenters. The van der Waals surface area contributed by atoms with Crippen LogP contribution in [-0.2, 0) is 31.3 Å². The molecule has 296 valence electrons. The summed E-state index contributed by atoms with van der Waals surface area (Å²) in [6, 6.07) is 21.7. The van der Waals surface area contributed by atoms with Crippen molar-refractivity contribution in [2.24, 2.45) is 5.92 Å². The van der Waals surface area contributed by atoms with Crippen LogP contribution in [0.15, 0.2) is 72.8 Å². The number of aliphatic hydroxyl groups is 1. The largest absolute Gasteiger partial charge is 0.432 e. The van der Waals surface area contributed by atoms with Crippen molar-refractivity contribution in [3.8, 4) is 0 Å². The molecule has 4 saturated heterocycles. The highest BCUT2D eigenvalue weighted by Gasteiger charge is 2.67. The Morgan fingerprint density at radius 3 is 2.39 bits per heavy atom. The Bertz CT molecular complexity index is 2020. The summed E-state index contributed by atoms with van der Waals surface area (Å²) in [5, 5.41) is 25.4. The number of nitro groups is 1. The molecule has 3 amide bonds. The normalized spacial score (nSPS) is 27.2. The van der Waals surface area contributed by atoms with E-state index in [1.54, 1.807) is 29.0 Å². The van der Waals surface area contributed by atoms with Crippen molar-refractivity contribution in [3.63, 3.8) is 0 Å². The molecular formula is C41H50N6O8Si. The van der Waals surface area contributed by atoms with E-state index in [9.17, 15) is 34.4 Å². The average molecular weight is 783 g/mol. The number of hydrogen-bond donors (Lipinski definition) is 3. The minimum atomic E-state index is -3.11. The van der Waals surface area contributed by atoms with Gasteiger partial charge in [-0.15, -0.1) is 0 Å². The summed E-state index contributed by atoms with van der Waals surface area (Å²) in [5.41, 5.74) is 0.292. The maximum atomic E-state index is 15.0. The number of carbonyl (C=O) groups excluding carboxylic acids is 3. The van der Waals surface area contributed by atoms with Crippen molar-refractivity contribution >= 4 is 48.8 Å². The van der Waals surface area contributed by atoms with Crippen LogP contribution in [-0.4, -0.2) is 96.4 Å². The minimum absolute atomic E-state index is 0.0599. The van der Waals surface area contributed by atoms with E-state index in [0.29, 0.717) is 43.7 Å². The zero-order chi connectivity index (χ0) is 39.6. The second-order valence-electron chi connectivity index (χ2n) is 16.6. The van der Waals surface area contributed by atoms with Crippen molar-refractivity contribution in [3.05, 3.63) is 94.0 Å². The van der Waals surface area contributed by atoms with E-state index in [1.165, 1.54) is 12.1 Å². The van der Waals surface area contributed by atoms with Crippen molar-refractivity contribution in [1.82, 2.24) is 10.2 Å². The Kier molecular flexibility index (Phi) is 9.80. The SMILES string of the molecule is C[C@@H]1[C@@H]([Si](C)(C)O)[C@H](CC(=O)N2CCC[C@H]2CO)O[C@@]12C(=O)N(Cc1ccc(N3CN(c4ccccc4)C4(CCNCC4)C3=O)cc1)c1ccc([N+](=O)[O-])cc12. The Balaban J connectivity index is 1.09. The molecule has 14 nitrogen and oxygen atoms in total. The quantitative estimate of drug-likeness (QED) is 0.162. The number of benzene rings is 3. The molecule has 56 heavy (non-hydrogen) atoms. The van der Waals surface area contributed by atoms with Gasteiger partial charge in [0.1, 0.15) is 5.54 Å². The molecule has 5 atom stereocenters. The predicted molar refractivity (Wildman–Crippen MR) is 212 cm³/mol. The lowest BCUT2D eigenvalue weighted by atomic mass is 9.82. The monoisotopic (exact) mass is 782 g/mol. The number of para-hydroxylation sites is 1. The average Bonchev–Trinajstić information content (AvgIpc) is 3.92. The number of nitro benzene ring substituents is 1. The van der Waals surface area contributed by atoms with Gasteiger partial charge in [-0.3, -0.25) is 29.4 Å². The molecule has 8 rings (SSSR count). The van der Waals surface area contributed by atoms with Crippen LogP contribution in [0.4, 0.5) is 22.7 Å². The van der Waals surface area contributed by atoms with Crippen molar-refractivity contribution in [1.29, 1.82) is 0 Å². The van der Waals surface area contributed by atoms with Gasteiger partial charge in [-0.05, 0) is 87.8 Å². The van der Waals surface area contributed by atoms with E-state index < -0.39 is 47.9 Å². The van der Waals surface area contributed by atoms with Gasteiger partial charge < -0.3 is 34.7 Å². The lowest BCUT2D eigenvalue weighted by Gasteiger charge is -2.39. The molecule has 0 radical (unpaired) electrons. The summed E-state index contributed by atoms with van der Waals surface area (Å²) in [6.45, 7) is 7.77. The number of piperidine rings is 1. The predicted octanol–water partition coefficient (Wildman–Crippen LogP) is 4.25. The number of fused-ring (bicyclic) bond motifs is 2. The Morgan fingerprint density at radius 1 is 1.02 bits per heavy atom. The van der Waals surface area contributed by atoms with E-state index in [0.717, 1.165) is 36.4 Å². The highest BCUT2D eigenvalue weighted by Crippen LogP contribution is 2.60. The molecule has 3 N–H and O–H groups in total. The van der Waals surface area contributed by atoms with Gasteiger partial charge in [0.2, 0.25) is 5.91 Å². The number of likely N-dealkylation sites (tertiary alicyclic amines) is 1. The van der Waals surface area contributed by atoms with Gasteiger partial charge in [-0.1, -0.05) is 37.3 Å². The lowest BCUT2D eigenvalue weighted by Crippen LogP contribution is -2.55. The minimum Gasteiger partial charge on any atom is -0.432 e. The number of rotatable bonds is 9. The highest BCUT2D eigenvalue weighted by atomic mass is 28.4. The van der Waals surface area contributed by atoms with Gasteiger partial charge >= 0.3 is 0 Å². The van der Waals surface area contributed by atoms with Crippen LogP contribution >= 0.6 is 0 Å². The van der Waals surface area contributed by atoms with Gasteiger partial charge in [-0.2, -0.15) is 0 Å².